The Morgan fingerprint density at radius 3 is 2.46 bits per heavy atom. The van der Waals surface area contributed by atoms with E-state index in [1.165, 1.54) is 57.4 Å². The Morgan fingerprint density at radius 1 is 1.23 bits per heavy atom. The van der Waals surface area contributed by atoms with Gasteiger partial charge in [0.05, 0.1) is 21.1 Å². The largest absolute Gasteiger partial charge is 0.321 e. The Labute approximate surface area is 159 Å². The number of halogens is 1. The highest BCUT2D eigenvalue weighted by Crippen LogP contribution is 2.28. The average Bonchev–Trinajstić information content (AvgIpc) is 2.56. The van der Waals surface area contributed by atoms with E-state index in [4.69, 9.17) is 0 Å². The van der Waals surface area contributed by atoms with E-state index in [2.05, 4.69) is 21.2 Å². The van der Waals surface area contributed by atoms with Crippen LogP contribution in [-0.2, 0) is 10.0 Å². The second-order valence-electron chi connectivity index (χ2n) is 5.59. The molecule has 0 saturated carbocycles. The Morgan fingerprint density at radius 2 is 1.88 bits per heavy atom. The molecule has 2 aromatic rings. The van der Waals surface area contributed by atoms with Crippen LogP contribution in [0.2, 0.25) is 0 Å². The third-order valence-corrected chi connectivity index (χ3v) is 6.51. The van der Waals surface area contributed by atoms with Crippen molar-refractivity contribution >= 4 is 43.2 Å². The van der Waals surface area contributed by atoms with Crippen LogP contribution in [0, 0.1) is 17.0 Å². The number of nitro groups is 1. The standard InChI is InChI=1S/C16H16BrN3O5S/c1-10-13(5-4-6-14(10)20(22)23)18-16(21)11-7-8-12(17)15(9-11)26(24,25)19(2)3/h4-9H,1-3H3,(H,18,21). The number of nitrogens with one attached hydrogen (secondary N) is 1. The van der Waals surface area contributed by atoms with Gasteiger partial charge in [0, 0.05) is 30.2 Å². The molecule has 0 spiro atoms. The number of carbonyl (C=O) groups is 1. The van der Waals surface area contributed by atoms with Gasteiger partial charge in [0.25, 0.3) is 11.6 Å². The van der Waals surface area contributed by atoms with E-state index in [9.17, 15) is 23.3 Å². The van der Waals surface area contributed by atoms with Crippen LogP contribution in [0.3, 0.4) is 0 Å². The molecule has 0 aromatic heterocycles. The number of carbonyl (C=O) groups excluding carboxylic acids is 1. The number of hydrogen-bond acceptors (Lipinski definition) is 5. The fraction of sp³-hybridized carbons (Fsp3) is 0.188. The minimum atomic E-state index is -3.75. The van der Waals surface area contributed by atoms with E-state index in [0.717, 1.165) is 4.31 Å². The van der Waals surface area contributed by atoms with Gasteiger partial charge in [-0.3, -0.25) is 14.9 Å². The first-order valence-electron chi connectivity index (χ1n) is 7.33. The number of anilines is 1. The van der Waals surface area contributed by atoms with Crippen LogP contribution in [0.15, 0.2) is 45.8 Å². The molecule has 10 heteroatoms. The van der Waals surface area contributed by atoms with Crippen molar-refractivity contribution in [2.45, 2.75) is 11.8 Å². The van der Waals surface area contributed by atoms with Crippen LogP contribution < -0.4 is 5.32 Å². The molecule has 0 bridgehead atoms. The molecule has 0 aliphatic rings. The molecule has 0 atom stereocenters. The smallest absolute Gasteiger partial charge is 0.274 e. The molecule has 0 radical (unpaired) electrons. The van der Waals surface area contributed by atoms with Crippen LogP contribution in [0.25, 0.3) is 0 Å². The Kier molecular flexibility index (Phi) is 5.79. The van der Waals surface area contributed by atoms with Crippen molar-refractivity contribution < 1.29 is 18.1 Å². The van der Waals surface area contributed by atoms with E-state index in [0.29, 0.717) is 10.0 Å². The van der Waals surface area contributed by atoms with Crippen molar-refractivity contribution in [2.24, 2.45) is 0 Å². The van der Waals surface area contributed by atoms with E-state index in [1.54, 1.807) is 0 Å². The predicted molar refractivity (Wildman–Crippen MR) is 101 cm³/mol. The summed E-state index contributed by atoms with van der Waals surface area (Å²) in [6.45, 7) is 1.53. The zero-order valence-electron chi connectivity index (χ0n) is 14.2. The van der Waals surface area contributed by atoms with Gasteiger partial charge in [-0.15, -0.1) is 0 Å². The number of hydrogen-bond donors (Lipinski definition) is 1. The zero-order valence-corrected chi connectivity index (χ0v) is 16.6. The molecule has 0 aliphatic heterocycles. The Hall–Kier alpha value is -2.30. The number of amides is 1. The van der Waals surface area contributed by atoms with Crippen LogP contribution in [0.5, 0.6) is 0 Å². The van der Waals surface area contributed by atoms with Crippen molar-refractivity contribution in [1.82, 2.24) is 4.31 Å². The second kappa shape index (κ2) is 7.52. The monoisotopic (exact) mass is 441 g/mol. The normalized spacial score (nSPS) is 11.4. The average molecular weight is 442 g/mol. The summed E-state index contributed by atoms with van der Waals surface area (Å²) in [5.74, 6) is -0.573. The van der Waals surface area contributed by atoms with Crippen LogP contribution >= 0.6 is 15.9 Å². The lowest BCUT2D eigenvalue weighted by atomic mass is 10.1. The third-order valence-electron chi connectivity index (χ3n) is 3.70. The fourth-order valence-corrected chi connectivity index (χ4v) is 4.03. The van der Waals surface area contributed by atoms with Gasteiger partial charge in [0.15, 0.2) is 0 Å². The lowest BCUT2D eigenvalue weighted by Gasteiger charge is -2.14. The van der Waals surface area contributed by atoms with E-state index >= 15 is 0 Å². The van der Waals surface area contributed by atoms with Gasteiger partial charge < -0.3 is 5.32 Å². The summed E-state index contributed by atoms with van der Waals surface area (Å²) < 4.78 is 26.1. The fourth-order valence-electron chi connectivity index (χ4n) is 2.19. The van der Waals surface area contributed by atoms with Gasteiger partial charge in [0.1, 0.15) is 0 Å². The zero-order chi connectivity index (χ0) is 19.6. The summed E-state index contributed by atoms with van der Waals surface area (Å²) in [6, 6.07) is 8.51. The molecule has 0 heterocycles. The van der Waals surface area contributed by atoms with Crippen molar-refractivity contribution in [3.8, 4) is 0 Å². The van der Waals surface area contributed by atoms with Gasteiger partial charge in [0.2, 0.25) is 10.0 Å². The molecule has 0 aliphatic carbocycles. The van der Waals surface area contributed by atoms with Crippen molar-refractivity contribution in [3.05, 3.63) is 62.1 Å². The van der Waals surface area contributed by atoms with Crippen LogP contribution in [0.4, 0.5) is 11.4 Å². The van der Waals surface area contributed by atoms with Gasteiger partial charge in [-0.05, 0) is 47.1 Å². The molecule has 2 rings (SSSR count). The summed E-state index contributed by atoms with van der Waals surface area (Å²) in [5, 5.41) is 13.6. The van der Waals surface area contributed by atoms with Crippen molar-refractivity contribution in [1.29, 1.82) is 0 Å². The first kappa shape index (κ1) is 20.0. The Bertz CT molecular complexity index is 989. The summed E-state index contributed by atoms with van der Waals surface area (Å²) in [6.07, 6.45) is 0. The molecular weight excluding hydrogens is 426 g/mol. The highest BCUT2D eigenvalue weighted by atomic mass is 79.9. The number of nitro benzene ring substituents is 1. The highest BCUT2D eigenvalue weighted by Gasteiger charge is 2.23. The Balaban J connectivity index is 2.41. The summed E-state index contributed by atoms with van der Waals surface area (Å²) in [7, 11) is -0.966. The lowest BCUT2D eigenvalue weighted by molar-refractivity contribution is -0.385. The van der Waals surface area contributed by atoms with Gasteiger partial charge in [-0.25, -0.2) is 12.7 Å². The van der Waals surface area contributed by atoms with Crippen molar-refractivity contribution in [2.75, 3.05) is 19.4 Å². The second-order valence-corrected chi connectivity index (χ2v) is 8.57. The summed E-state index contributed by atoms with van der Waals surface area (Å²) in [4.78, 5) is 22.9. The predicted octanol–water partition coefficient (Wildman–Crippen LogP) is 3.17. The van der Waals surface area contributed by atoms with E-state index in [-0.39, 0.29) is 21.8 Å². The molecule has 138 valence electrons. The lowest BCUT2D eigenvalue weighted by Crippen LogP contribution is -2.23. The minimum Gasteiger partial charge on any atom is -0.321 e. The number of sulfonamides is 1. The SMILES string of the molecule is Cc1c(NC(=O)c2ccc(Br)c(S(=O)(=O)N(C)C)c2)cccc1[N+](=O)[O-]. The molecule has 0 saturated heterocycles. The summed E-state index contributed by atoms with van der Waals surface area (Å²) >= 11 is 3.18. The molecule has 0 unspecified atom stereocenters. The maximum absolute atomic E-state index is 12.5. The summed E-state index contributed by atoms with van der Waals surface area (Å²) in [5.41, 5.74) is 0.585. The highest BCUT2D eigenvalue weighted by molar-refractivity contribution is 9.10. The number of nitrogens with zero attached hydrogens (tertiary/aromatic N) is 2. The quantitative estimate of drug-likeness (QED) is 0.565. The molecule has 8 nitrogen and oxygen atoms in total. The first-order valence-corrected chi connectivity index (χ1v) is 9.56. The van der Waals surface area contributed by atoms with Crippen LogP contribution in [0.1, 0.15) is 15.9 Å². The third kappa shape index (κ3) is 3.92. The molecule has 2 aromatic carbocycles. The van der Waals surface area contributed by atoms with Gasteiger partial charge in [-0.2, -0.15) is 0 Å². The first-order chi connectivity index (χ1) is 12.1. The molecular formula is C16H16BrN3O5S. The van der Waals surface area contributed by atoms with Gasteiger partial charge >= 0.3 is 0 Å². The van der Waals surface area contributed by atoms with Crippen molar-refractivity contribution in [3.63, 3.8) is 0 Å². The molecule has 1 N–H and O–H groups in total. The maximum Gasteiger partial charge on any atom is 0.274 e. The van der Waals surface area contributed by atoms with Crippen LogP contribution in [-0.4, -0.2) is 37.6 Å². The van der Waals surface area contributed by atoms with Gasteiger partial charge in [-0.1, -0.05) is 6.07 Å². The topological polar surface area (TPSA) is 110 Å². The number of benzene rings is 2. The molecule has 1 amide bonds. The van der Waals surface area contributed by atoms with E-state index in [1.807, 2.05) is 0 Å². The maximum atomic E-state index is 12.5. The number of rotatable bonds is 5. The molecule has 0 fully saturated rings. The minimum absolute atomic E-state index is 0.0501. The van der Waals surface area contributed by atoms with E-state index < -0.39 is 20.9 Å². The molecule has 26 heavy (non-hydrogen) atoms.